The molecule has 200 valence electrons. The molecule has 0 saturated heterocycles. The lowest BCUT2D eigenvalue weighted by atomic mass is 9.94. The first-order chi connectivity index (χ1) is 18.3. The Morgan fingerprint density at radius 2 is 1.29 bits per heavy atom. The predicted octanol–water partition coefficient (Wildman–Crippen LogP) is 4.45. The molecule has 7 nitrogen and oxygen atoms in total. The van der Waals surface area contributed by atoms with E-state index in [1.165, 1.54) is 0 Å². The molecule has 0 bridgehead atoms. The molecule has 3 aromatic rings. The molecule has 1 unspecified atom stereocenters. The summed E-state index contributed by atoms with van der Waals surface area (Å²) in [5.74, 6) is 1.82. The van der Waals surface area contributed by atoms with E-state index in [0.29, 0.717) is 56.8 Å². The van der Waals surface area contributed by atoms with Crippen LogP contribution in [0.2, 0.25) is 0 Å². The normalized spacial score (nSPS) is 14.7. The Labute approximate surface area is 227 Å². The van der Waals surface area contributed by atoms with Crippen LogP contribution >= 0.6 is 0 Å². The van der Waals surface area contributed by atoms with Gasteiger partial charge >= 0.3 is 0 Å². The third-order valence-corrected chi connectivity index (χ3v) is 7.69. The van der Waals surface area contributed by atoms with Gasteiger partial charge in [-0.05, 0) is 88.4 Å². The summed E-state index contributed by atoms with van der Waals surface area (Å²) in [5.41, 5.74) is 2.30. The SMILES string of the molecule is COc1ccc2c(c1)S(=O)C(c1ccc(OCCN(C)C)cc1)=C2C(=O)c1ccc(OCCN(C)C)cc1. The number of carbonyl (C=O) groups is 1. The number of ether oxygens (including phenoxy) is 3. The average Bonchev–Trinajstić information content (AvgIpc) is 3.20. The molecule has 0 spiro atoms. The molecule has 3 aromatic carbocycles. The van der Waals surface area contributed by atoms with Crippen molar-refractivity contribution in [2.45, 2.75) is 4.90 Å². The van der Waals surface area contributed by atoms with Crippen molar-refractivity contribution in [1.29, 1.82) is 0 Å². The molecule has 1 aliphatic rings. The second-order valence-electron chi connectivity index (χ2n) is 9.52. The number of allylic oxidation sites excluding steroid dienone is 1. The number of ketones is 1. The Balaban J connectivity index is 1.67. The van der Waals surface area contributed by atoms with E-state index in [2.05, 4.69) is 0 Å². The molecule has 0 fully saturated rings. The zero-order valence-electron chi connectivity index (χ0n) is 22.5. The summed E-state index contributed by atoms with van der Waals surface area (Å²) in [5, 5.41) is 0. The van der Waals surface area contributed by atoms with E-state index < -0.39 is 10.8 Å². The van der Waals surface area contributed by atoms with Crippen molar-refractivity contribution in [2.75, 3.05) is 61.6 Å². The monoisotopic (exact) mass is 534 g/mol. The van der Waals surface area contributed by atoms with Crippen molar-refractivity contribution < 1.29 is 23.2 Å². The van der Waals surface area contributed by atoms with Crippen molar-refractivity contribution in [2.24, 2.45) is 0 Å². The van der Waals surface area contributed by atoms with E-state index in [0.717, 1.165) is 18.8 Å². The van der Waals surface area contributed by atoms with Crippen molar-refractivity contribution in [3.63, 3.8) is 0 Å². The second-order valence-corrected chi connectivity index (χ2v) is 10.9. The zero-order chi connectivity index (χ0) is 27.2. The number of nitrogens with zero attached hydrogens (tertiary/aromatic N) is 2. The molecule has 8 heteroatoms. The lowest BCUT2D eigenvalue weighted by molar-refractivity contribution is 0.105. The van der Waals surface area contributed by atoms with E-state index in [-0.39, 0.29) is 5.78 Å². The zero-order valence-corrected chi connectivity index (χ0v) is 23.3. The fourth-order valence-electron chi connectivity index (χ4n) is 4.03. The maximum absolute atomic E-state index is 13.9. The summed E-state index contributed by atoms with van der Waals surface area (Å²) >= 11 is 0. The number of Topliss-reactive ketones (excluding diaryl/α,β-unsaturated/α-hetero) is 1. The highest BCUT2D eigenvalue weighted by Crippen LogP contribution is 2.44. The highest BCUT2D eigenvalue weighted by Gasteiger charge is 2.34. The van der Waals surface area contributed by atoms with Crippen LogP contribution in [0, 0.1) is 0 Å². The van der Waals surface area contributed by atoms with Crippen molar-refractivity contribution >= 4 is 27.1 Å². The van der Waals surface area contributed by atoms with Gasteiger partial charge in [0.15, 0.2) is 5.78 Å². The standard InChI is InChI=1S/C30H34N2O5S/c1-31(2)16-18-36-23-10-6-21(7-11-23)29(33)28-26-15-14-25(35-5)20-27(26)38(34)30(28)22-8-12-24(13-9-22)37-19-17-32(3)4/h6-15,20H,16-19H2,1-5H3. The smallest absolute Gasteiger partial charge is 0.194 e. The van der Waals surface area contributed by atoms with Crippen LogP contribution in [0.4, 0.5) is 0 Å². The van der Waals surface area contributed by atoms with Gasteiger partial charge in [0.1, 0.15) is 30.5 Å². The maximum Gasteiger partial charge on any atom is 0.194 e. The number of fused-ring (bicyclic) bond motifs is 1. The third-order valence-electron chi connectivity index (χ3n) is 6.14. The molecule has 1 aliphatic heterocycles. The molecule has 38 heavy (non-hydrogen) atoms. The summed E-state index contributed by atoms with van der Waals surface area (Å²) in [6.07, 6.45) is 0. The Morgan fingerprint density at radius 1 is 0.763 bits per heavy atom. The van der Waals surface area contributed by atoms with Crippen molar-refractivity contribution in [1.82, 2.24) is 9.80 Å². The number of likely N-dealkylation sites (N-methyl/N-ethyl adjacent to an activating group) is 2. The van der Waals surface area contributed by atoms with Gasteiger partial charge in [-0.2, -0.15) is 0 Å². The first-order valence-electron chi connectivity index (χ1n) is 12.4. The fourth-order valence-corrected chi connectivity index (χ4v) is 5.58. The molecular weight excluding hydrogens is 500 g/mol. The number of carbonyl (C=O) groups excluding carboxylic acids is 1. The summed E-state index contributed by atoms with van der Waals surface area (Å²) in [6, 6.07) is 19.8. The Morgan fingerprint density at radius 3 is 1.82 bits per heavy atom. The van der Waals surface area contributed by atoms with Crippen LogP contribution in [0.15, 0.2) is 71.6 Å². The van der Waals surface area contributed by atoms with Gasteiger partial charge in [0.05, 0.1) is 27.7 Å². The Hall–Kier alpha value is -3.46. The number of benzene rings is 3. The predicted molar refractivity (Wildman–Crippen MR) is 152 cm³/mol. The van der Waals surface area contributed by atoms with Gasteiger partial charge in [-0.1, -0.05) is 12.1 Å². The van der Waals surface area contributed by atoms with Crippen molar-refractivity contribution in [3.05, 3.63) is 83.4 Å². The first kappa shape index (κ1) is 27.6. The summed E-state index contributed by atoms with van der Waals surface area (Å²) in [7, 11) is 7.97. The van der Waals surface area contributed by atoms with E-state index >= 15 is 0 Å². The van der Waals surface area contributed by atoms with Gasteiger partial charge in [-0.15, -0.1) is 0 Å². The third kappa shape index (κ3) is 6.32. The van der Waals surface area contributed by atoms with Crippen molar-refractivity contribution in [3.8, 4) is 17.2 Å². The van der Waals surface area contributed by atoms with Gasteiger partial charge in [-0.3, -0.25) is 4.79 Å². The Kier molecular flexibility index (Phi) is 8.99. The minimum atomic E-state index is -1.55. The summed E-state index contributed by atoms with van der Waals surface area (Å²) in [6.45, 7) is 2.71. The highest BCUT2D eigenvalue weighted by molar-refractivity contribution is 7.95. The first-order valence-corrected chi connectivity index (χ1v) is 13.6. The van der Waals surface area contributed by atoms with Crippen LogP contribution in [0.1, 0.15) is 21.5 Å². The molecule has 1 atom stereocenters. The molecule has 0 saturated carbocycles. The number of hydrogen-bond acceptors (Lipinski definition) is 7. The average molecular weight is 535 g/mol. The van der Waals surface area contributed by atoms with Gasteiger partial charge < -0.3 is 24.0 Å². The quantitative estimate of drug-likeness (QED) is 0.318. The summed E-state index contributed by atoms with van der Waals surface area (Å²) < 4.78 is 30.7. The second kappa shape index (κ2) is 12.4. The fraction of sp³-hybridized carbons (Fsp3) is 0.300. The molecule has 0 radical (unpaired) electrons. The number of rotatable bonds is 12. The van der Waals surface area contributed by atoms with Crippen LogP contribution in [0.5, 0.6) is 17.2 Å². The summed E-state index contributed by atoms with van der Waals surface area (Å²) in [4.78, 5) is 19.0. The molecular formula is C30H34N2O5S. The lowest BCUT2D eigenvalue weighted by Gasteiger charge is -2.12. The minimum absolute atomic E-state index is 0.191. The van der Waals surface area contributed by atoms with E-state index in [9.17, 15) is 9.00 Å². The van der Waals surface area contributed by atoms with Crippen LogP contribution in [0.25, 0.3) is 10.5 Å². The Bertz CT molecular complexity index is 1330. The largest absolute Gasteiger partial charge is 0.497 e. The van der Waals surface area contributed by atoms with E-state index in [1.54, 1.807) is 43.5 Å². The van der Waals surface area contributed by atoms with Gasteiger partial charge in [0.25, 0.3) is 0 Å². The van der Waals surface area contributed by atoms with E-state index in [1.807, 2.05) is 68.3 Å². The molecule has 0 amide bonds. The highest BCUT2D eigenvalue weighted by atomic mass is 32.2. The van der Waals surface area contributed by atoms with Crippen LogP contribution in [-0.2, 0) is 10.8 Å². The maximum atomic E-state index is 13.9. The molecule has 0 aliphatic carbocycles. The molecule has 1 heterocycles. The molecule has 4 rings (SSSR count). The topological polar surface area (TPSA) is 68.3 Å². The van der Waals surface area contributed by atoms with Gasteiger partial charge in [-0.25, -0.2) is 4.21 Å². The lowest BCUT2D eigenvalue weighted by Crippen LogP contribution is -2.19. The number of methoxy groups -OCH3 is 1. The van der Waals surface area contributed by atoms with Crippen LogP contribution in [-0.4, -0.2) is 81.4 Å². The van der Waals surface area contributed by atoms with Gasteiger partial charge in [0, 0.05) is 29.8 Å². The molecule has 0 N–H and O–H groups in total. The molecule has 0 aromatic heterocycles. The van der Waals surface area contributed by atoms with E-state index in [4.69, 9.17) is 14.2 Å². The number of hydrogen-bond donors (Lipinski definition) is 0. The minimum Gasteiger partial charge on any atom is -0.497 e. The van der Waals surface area contributed by atoms with Crippen LogP contribution in [0.3, 0.4) is 0 Å². The van der Waals surface area contributed by atoms with Crippen LogP contribution < -0.4 is 14.2 Å². The van der Waals surface area contributed by atoms with Gasteiger partial charge in [0.2, 0.25) is 0 Å².